The van der Waals surface area contributed by atoms with Crippen LogP contribution >= 0.6 is 0 Å². The molecule has 1 aromatic carbocycles. The maximum atomic E-state index is 12.0. The van der Waals surface area contributed by atoms with Crippen molar-refractivity contribution in [2.75, 3.05) is 13.2 Å². The van der Waals surface area contributed by atoms with Gasteiger partial charge < -0.3 is 15.5 Å². The summed E-state index contributed by atoms with van der Waals surface area (Å²) in [6.45, 7) is 2.53. The van der Waals surface area contributed by atoms with Gasteiger partial charge in [0.05, 0.1) is 5.56 Å². The number of aliphatic hydroxyl groups is 1. The van der Waals surface area contributed by atoms with Crippen molar-refractivity contribution >= 4 is 5.91 Å². The average Bonchev–Trinajstić information content (AvgIpc) is 2.86. The number of amides is 1. The Hall–Kier alpha value is -1.55. The van der Waals surface area contributed by atoms with Gasteiger partial charge in [0.2, 0.25) is 0 Å². The number of hydrogen-bond acceptors (Lipinski definition) is 3. The molecule has 1 aliphatic rings. The minimum atomic E-state index is -0.246. The minimum absolute atomic E-state index is 0.0464. The van der Waals surface area contributed by atoms with E-state index in [1.807, 2.05) is 0 Å². The molecule has 19 heavy (non-hydrogen) atoms. The van der Waals surface area contributed by atoms with Gasteiger partial charge in [0.25, 0.3) is 5.91 Å². The van der Waals surface area contributed by atoms with Gasteiger partial charge in [-0.2, -0.15) is 0 Å². The molecule has 4 heteroatoms. The normalized spacial score (nSPS) is 22.4. The Bertz CT molecular complexity index is 459. The Balaban J connectivity index is 1.96. The third kappa shape index (κ3) is 3.07. The summed E-state index contributed by atoms with van der Waals surface area (Å²) in [5.74, 6) is 0.447. The number of aryl methyl sites for hydroxylation is 1. The zero-order valence-electron chi connectivity index (χ0n) is 11.2. The van der Waals surface area contributed by atoms with Crippen LogP contribution in [-0.2, 0) is 0 Å². The number of hydrogen-bond donors (Lipinski definition) is 3. The molecule has 4 nitrogen and oxygen atoms in total. The molecule has 2 rings (SSSR count). The van der Waals surface area contributed by atoms with Gasteiger partial charge in [-0.1, -0.05) is 18.6 Å². The van der Waals surface area contributed by atoms with Gasteiger partial charge in [-0.3, -0.25) is 4.79 Å². The van der Waals surface area contributed by atoms with Crippen molar-refractivity contribution in [2.24, 2.45) is 11.8 Å². The van der Waals surface area contributed by atoms with Crippen LogP contribution in [-0.4, -0.2) is 29.3 Å². The molecular weight excluding hydrogens is 242 g/mol. The van der Waals surface area contributed by atoms with Crippen LogP contribution in [0.15, 0.2) is 18.2 Å². The predicted molar refractivity (Wildman–Crippen MR) is 73.1 cm³/mol. The number of rotatable bonds is 4. The van der Waals surface area contributed by atoms with Crippen LogP contribution in [0.4, 0.5) is 0 Å². The largest absolute Gasteiger partial charge is 0.507 e. The summed E-state index contributed by atoms with van der Waals surface area (Å²) in [5.41, 5.74) is 1.01. The van der Waals surface area contributed by atoms with E-state index in [0.717, 1.165) is 19.3 Å². The van der Waals surface area contributed by atoms with Gasteiger partial charge in [0, 0.05) is 13.2 Å². The van der Waals surface area contributed by atoms with E-state index in [1.54, 1.807) is 25.1 Å². The molecule has 1 saturated carbocycles. The van der Waals surface area contributed by atoms with E-state index in [-0.39, 0.29) is 18.3 Å². The summed E-state index contributed by atoms with van der Waals surface area (Å²) in [4.78, 5) is 12.0. The predicted octanol–water partition coefficient (Wildman–Crippen LogP) is 1.84. The standard InChI is InChI=1S/C15H21NO3/c1-10-4-2-7-13(14(10)18)15(19)16-8-11-5-3-6-12(11)9-17/h2,4,7,11-12,17-18H,3,5-6,8-9H2,1H3,(H,16,19). The second-order valence-electron chi connectivity index (χ2n) is 5.31. The first-order valence-electron chi connectivity index (χ1n) is 6.81. The van der Waals surface area contributed by atoms with Crippen LogP contribution in [0.1, 0.15) is 35.2 Å². The lowest BCUT2D eigenvalue weighted by atomic mass is 9.97. The number of para-hydroxylation sites is 1. The van der Waals surface area contributed by atoms with Crippen molar-refractivity contribution in [3.63, 3.8) is 0 Å². The molecule has 0 heterocycles. The number of nitrogens with one attached hydrogen (secondary N) is 1. The lowest BCUT2D eigenvalue weighted by molar-refractivity contribution is 0.0935. The summed E-state index contributed by atoms with van der Waals surface area (Å²) in [7, 11) is 0. The number of benzene rings is 1. The molecule has 2 atom stereocenters. The molecule has 0 aromatic heterocycles. The maximum Gasteiger partial charge on any atom is 0.255 e. The first-order valence-corrected chi connectivity index (χ1v) is 6.81. The third-order valence-electron chi connectivity index (χ3n) is 4.06. The molecule has 0 radical (unpaired) electrons. The molecule has 0 bridgehead atoms. The smallest absolute Gasteiger partial charge is 0.255 e. The lowest BCUT2D eigenvalue weighted by Gasteiger charge is -2.18. The fraction of sp³-hybridized carbons (Fsp3) is 0.533. The van der Waals surface area contributed by atoms with E-state index in [1.165, 1.54) is 0 Å². The van der Waals surface area contributed by atoms with Crippen LogP contribution in [0.3, 0.4) is 0 Å². The molecule has 1 aromatic rings. The number of phenols is 1. The molecular formula is C15H21NO3. The SMILES string of the molecule is Cc1cccc(C(=O)NCC2CCCC2CO)c1O. The van der Waals surface area contributed by atoms with Gasteiger partial charge in [-0.15, -0.1) is 0 Å². The Morgan fingerprint density at radius 3 is 2.84 bits per heavy atom. The van der Waals surface area contributed by atoms with Crippen molar-refractivity contribution in [3.8, 4) is 5.75 Å². The van der Waals surface area contributed by atoms with E-state index < -0.39 is 0 Å². The van der Waals surface area contributed by atoms with Gasteiger partial charge in [0.15, 0.2) is 0 Å². The molecule has 0 spiro atoms. The highest BCUT2D eigenvalue weighted by Crippen LogP contribution is 2.30. The summed E-state index contributed by atoms with van der Waals surface area (Å²) in [6, 6.07) is 5.15. The first kappa shape index (κ1) is 13.9. The highest BCUT2D eigenvalue weighted by Gasteiger charge is 2.27. The fourth-order valence-corrected chi connectivity index (χ4v) is 2.78. The number of phenolic OH excluding ortho intramolecular Hbond substituents is 1. The monoisotopic (exact) mass is 263 g/mol. The van der Waals surface area contributed by atoms with Crippen molar-refractivity contribution < 1.29 is 15.0 Å². The van der Waals surface area contributed by atoms with E-state index in [4.69, 9.17) is 0 Å². The van der Waals surface area contributed by atoms with Crippen LogP contribution in [0.5, 0.6) is 5.75 Å². The molecule has 1 amide bonds. The molecule has 0 aliphatic heterocycles. The molecule has 104 valence electrons. The van der Waals surface area contributed by atoms with Gasteiger partial charge >= 0.3 is 0 Å². The van der Waals surface area contributed by atoms with E-state index >= 15 is 0 Å². The highest BCUT2D eigenvalue weighted by atomic mass is 16.3. The van der Waals surface area contributed by atoms with Crippen LogP contribution in [0.25, 0.3) is 0 Å². The average molecular weight is 263 g/mol. The minimum Gasteiger partial charge on any atom is -0.507 e. The zero-order chi connectivity index (χ0) is 13.8. The lowest BCUT2D eigenvalue weighted by Crippen LogP contribution is -2.31. The number of carbonyl (C=O) groups is 1. The second-order valence-corrected chi connectivity index (χ2v) is 5.31. The third-order valence-corrected chi connectivity index (χ3v) is 4.06. The molecule has 0 saturated heterocycles. The molecule has 3 N–H and O–H groups in total. The number of carbonyl (C=O) groups excluding carboxylic acids is 1. The topological polar surface area (TPSA) is 69.6 Å². The van der Waals surface area contributed by atoms with E-state index in [0.29, 0.717) is 29.5 Å². The van der Waals surface area contributed by atoms with Crippen molar-refractivity contribution in [1.82, 2.24) is 5.32 Å². The van der Waals surface area contributed by atoms with Crippen LogP contribution in [0.2, 0.25) is 0 Å². The maximum absolute atomic E-state index is 12.0. The van der Waals surface area contributed by atoms with Crippen molar-refractivity contribution in [3.05, 3.63) is 29.3 Å². The van der Waals surface area contributed by atoms with E-state index in [9.17, 15) is 15.0 Å². The van der Waals surface area contributed by atoms with Gasteiger partial charge in [-0.05, 0) is 43.2 Å². The van der Waals surface area contributed by atoms with E-state index in [2.05, 4.69) is 5.32 Å². The summed E-state index contributed by atoms with van der Waals surface area (Å²) < 4.78 is 0. The zero-order valence-corrected chi connectivity index (χ0v) is 11.2. The Morgan fingerprint density at radius 2 is 2.11 bits per heavy atom. The first-order chi connectivity index (χ1) is 9.13. The summed E-state index contributed by atoms with van der Waals surface area (Å²) in [5, 5.41) is 22.0. The Kier molecular flexibility index (Phi) is 4.43. The van der Waals surface area contributed by atoms with Crippen molar-refractivity contribution in [1.29, 1.82) is 0 Å². The van der Waals surface area contributed by atoms with Gasteiger partial charge in [0.1, 0.15) is 5.75 Å². The molecule has 1 aliphatic carbocycles. The highest BCUT2D eigenvalue weighted by molar-refractivity contribution is 5.97. The molecule has 2 unspecified atom stereocenters. The van der Waals surface area contributed by atoms with Crippen LogP contribution < -0.4 is 5.32 Å². The summed E-state index contributed by atoms with van der Waals surface area (Å²) in [6.07, 6.45) is 3.19. The molecule has 1 fully saturated rings. The second kappa shape index (κ2) is 6.06. The Morgan fingerprint density at radius 1 is 1.37 bits per heavy atom. The van der Waals surface area contributed by atoms with Crippen molar-refractivity contribution in [2.45, 2.75) is 26.2 Å². The number of aliphatic hydroxyl groups excluding tert-OH is 1. The van der Waals surface area contributed by atoms with Gasteiger partial charge in [-0.25, -0.2) is 0 Å². The number of aromatic hydroxyl groups is 1. The Labute approximate surface area is 113 Å². The summed E-state index contributed by atoms with van der Waals surface area (Å²) >= 11 is 0. The quantitative estimate of drug-likeness (QED) is 0.776. The van der Waals surface area contributed by atoms with Crippen LogP contribution in [0, 0.1) is 18.8 Å². The fourth-order valence-electron chi connectivity index (χ4n) is 2.78.